The quantitative estimate of drug-likeness (QED) is 0.860. The predicted octanol–water partition coefficient (Wildman–Crippen LogP) is 2.66. The van der Waals surface area contributed by atoms with Crippen LogP contribution < -0.4 is 10.5 Å². The highest BCUT2D eigenvalue weighted by Crippen LogP contribution is 2.22. The SMILES string of the molecule is COC(=O)C(N)Cc1ccc(Oc2ccc(F)cc2)cc1. The topological polar surface area (TPSA) is 61.5 Å². The van der Waals surface area contributed by atoms with Crippen LogP contribution in [0.25, 0.3) is 0 Å². The van der Waals surface area contributed by atoms with Crippen molar-refractivity contribution in [2.45, 2.75) is 12.5 Å². The van der Waals surface area contributed by atoms with E-state index in [0.717, 1.165) is 5.56 Å². The number of nitrogens with two attached hydrogens (primary N) is 1. The van der Waals surface area contributed by atoms with Gasteiger partial charge in [-0.25, -0.2) is 4.39 Å². The molecule has 0 bridgehead atoms. The van der Waals surface area contributed by atoms with Crippen molar-refractivity contribution in [1.82, 2.24) is 0 Å². The summed E-state index contributed by atoms with van der Waals surface area (Å²) >= 11 is 0. The van der Waals surface area contributed by atoms with E-state index in [2.05, 4.69) is 4.74 Å². The van der Waals surface area contributed by atoms with Gasteiger partial charge >= 0.3 is 5.97 Å². The number of hydrogen-bond acceptors (Lipinski definition) is 4. The Morgan fingerprint density at radius 3 is 2.14 bits per heavy atom. The van der Waals surface area contributed by atoms with Crippen molar-refractivity contribution >= 4 is 5.97 Å². The van der Waals surface area contributed by atoms with Crippen LogP contribution in [-0.4, -0.2) is 19.1 Å². The fourth-order valence-electron chi connectivity index (χ4n) is 1.82. The molecule has 0 aromatic heterocycles. The van der Waals surface area contributed by atoms with Crippen molar-refractivity contribution in [2.24, 2.45) is 5.73 Å². The molecule has 4 nitrogen and oxygen atoms in total. The van der Waals surface area contributed by atoms with Crippen LogP contribution in [0.15, 0.2) is 48.5 Å². The van der Waals surface area contributed by atoms with E-state index in [1.807, 2.05) is 12.1 Å². The van der Waals surface area contributed by atoms with Crippen LogP contribution in [0.1, 0.15) is 5.56 Å². The first-order chi connectivity index (χ1) is 10.1. The molecule has 0 saturated carbocycles. The van der Waals surface area contributed by atoms with E-state index in [1.165, 1.54) is 19.2 Å². The van der Waals surface area contributed by atoms with E-state index in [1.54, 1.807) is 24.3 Å². The summed E-state index contributed by atoms with van der Waals surface area (Å²) < 4.78 is 22.9. The average Bonchev–Trinajstić information content (AvgIpc) is 2.50. The van der Waals surface area contributed by atoms with Gasteiger partial charge in [0.05, 0.1) is 7.11 Å². The average molecular weight is 289 g/mol. The molecule has 0 heterocycles. The fraction of sp³-hybridized carbons (Fsp3) is 0.188. The Morgan fingerprint density at radius 1 is 1.10 bits per heavy atom. The standard InChI is InChI=1S/C16H16FNO3/c1-20-16(19)15(18)10-11-2-6-13(7-3-11)21-14-8-4-12(17)5-9-14/h2-9,15H,10,18H2,1H3. The Morgan fingerprint density at radius 2 is 1.62 bits per heavy atom. The lowest BCUT2D eigenvalue weighted by Gasteiger charge is -2.10. The van der Waals surface area contributed by atoms with E-state index < -0.39 is 12.0 Å². The van der Waals surface area contributed by atoms with Gasteiger partial charge < -0.3 is 15.2 Å². The van der Waals surface area contributed by atoms with Crippen molar-refractivity contribution in [2.75, 3.05) is 7.11 Å². The second-order valence-corrected chi connectivity index (χ2v) is 4.53. The third-order valence-corrected chi connectivity index (χ3v) is 2.93. The molecule has 110 valence electrons. The maximum atomic E-state index is 12.8. The number of ether oxygens (including phenoxy) is 2. The lowest BCUT2D eigenvalue weighted by molar-refractivity contribution is -0.142. The molecule has 0 radical (unpaired) electrons. The molecule has 21 heavy (non-hydrogen) atoms. The molecule has 0 aliphatic heterocycles. The van der Waals surface area contributed by atoms with Gasteiger partial charge in [0.2, 0.25) is 0 Å². The van der Waals surface area contributed by atoms with E-state index in [4.69, 9.17) is 10.5 Å². The number of hydrogen-bond donors (Lipinski definition) is 1. The Bertz CT molecular complexity index is 596. The molecule has 2 aromatic carbocycles. The monoisotopic (exact) mass is 289 g/mol. The molecule has 5 heteroatoms. The highest BCUT2D eigenvalue weighted by molar-refractivity contribution is 5.75. The summed E-state index contributed by atoms with van der Waals surface area (Å²) in [5.41, 5.74) is 6.60. The number of rotatable bonds is 5. The first kappa shape index (κ1) is 15.0. The summed E-state index contributed by atoms with van der Waals surface area (Å²) in [7, 11) is 1.31. The zero-order chi connectivity index (χ0) is 15.2. The van der Waals surface area contributed by atoms with Gasteiger partial charge in [-0.3, -0.25) is 4.79 Å². The van der Waals surface area contributed by atoms with E-state index >= 15 is 0 Å². The molecular formula is C16H16FNO3. The van der Waals surface area contributed by atoms with E-state index in [-0.39, 0.29) is 5.82 Å². The van der Waals surface area contributed by atoms with Crippen molar-refractivity contribution in [1.29, 1.82) is 0 Å². The van der Waals surface area contributed by atoms with Crippen molar-refractivity contribution in [3.8, 4) is 11.5 Å². The molecule has 0 amide bonds. The molecule has 2 rings (SSSR count). The molecule has 1 atom stereocenters. The zero-order valence-corrected chi connectivity index (χ0v) is 11.6. The molecular weight excluding hydrogens is 273 g/mol. The van der Waals surface area contributed by atoms with Crippen molar-refractivity contribution in [3.63, 3.8) is 0 Å². The van der Waals surface area contributed by atoms with Crippen LogP contribution in [0.2, 0.25) is 0 Å². The van der Waals surface area contributed by atoms with Gasteiger partial charge in [-0.2, -0.15) is 0 Å². The van der Waals surface area contributed by atoms with Gasteiger partial charge in [0.25, 0.3) is 0 Å². The largest absolute Gasteiger partial charge is 0.468 e. The van der Waals surface area contributed by atoms with Crippen LogP contribution in [0, 0.1) is 5.82 Å². The molecule has 0 saturated heterocycles. The van der Waals surface area contributed by atoms with Crippen LogP contribution in [0.3, 0.4) is 0 Å². The Hall–Kier alpha value is -2.40. The second kappa shape index (κ2) is 6.85. The van der Waals surface area contributed by atoms with Crippen LogP contribution >= 0.6 is 0 Å². The summed E-state index contributed by atoms with van der Waals surface area (Å²) in [6.45, 7) is 0. The Balaban J connectivity index is 1.98. The van der Waals surface area contributed by atoms with Gasteiger partial charge in [-0.05, 0) is 48.4 Å². The van der Waals surface area contributed by atoms with Gasteiger partial charge in [0.15, 0.2) is 0 Å². The Labute approximate surface area is 122 Å². The van der Waals surface area contributed by atoms with Crippen molar-refractivity contribution in [3.05, 3.63) is 59.9 Å². The molecule has 1 unspecified atom stereocenters. The summed E-state index contributed by atoms with van der Waals surface area (Å²) in [6.07, 6.45) is 0.392. The molecule has 0 aliphatic rings. The highest BCUT2D eigenvalue weighted by atomic mass is 19.1. The number of esters is 1. The number of carbonyl (C=O) groups is 1. The molecule has 2 aromatic rings. The fourth-order valence-corrected chi connectivity index (χ4v) is 1.82. The minimum Gasteiger partial charge on any atom is -0.468 e. The molecule has 2 N–H and O–H groups in total. The van der Waals surface area contributed by atoms with Gasteiger partial charge in [-0.1, -0.05) is 12.1 Å². The summed E-state index contributed by atoms with van der Waals surface area (Å²) in [6, 6.07) is 12.3. The molecule has 0 spiro atoms. The van der Waals surface area contributed by atoms with E-state index in [9.17, 15) is 9.18 Å². The number of methoxy groups -OCH3 is 1. The maximum Gasteiger partial charge on any atom is 0.322 e. The number of halogens is 1. The lowest BCUT2D eigenvalue weighted by atomic mass is 10.1. The number of carbonyl (C=O) groups excluding carboxylic acids is 1. The van der Waals surface area contributed by atoms with Crippen LogP contribution in [-0.2, 0) is 16.0 Å². The number of benzene rings is 2. The zero-order valence-electron chi connectivity index (χ0n) is 11.6. The summed E-state index contributed by atoms with van der Waals surface area (Å²) in [5.74, 6) is 0.420. The maximum absolute atomic E-state index is 12.8. The van der Waals surface area contributed by atoms with Crippen LogP contribution in [0.5, 0.6) is 11.5 Å². The van der Waals surface area contributed by atoms with Gasteiger partial charge in [-0.15, -0.1) is 0 Å². The Kier molecular flexibility index (Phi) is 4.90. The third-order valence-electron chi connectivity index (χ3n) is 2.93. The first-order valence-corrected chi connectivity index (χ1v) is 6.44. The first-order valence-electron chi connectivity index (χ1n) is 6.44. The minimum absolute atomic E-state index is 0.311. The third kappa shape index (κ3) is 4.29. The van der Waals surface area contributed by atoms with Crippen molar-refractivity contribution < 1.29 is 18.7 Å². The van der Waals surface area contributed by atoms with Gasteiger partial charge in [0.1, 0.15) is 23.4 Å². The second-order valence-electron chi connectivity index (χ2n) is 4.53. The molecule has 0 fully saturated rings. The summed E-state index contributed by atoms with van der Waals surface area (Å²) in [4.78, 5) is 11.2. The molecule has 0 aliphatic carbocycles. The lowest BCUT2D eigenvalue weighted by Crippen LogP contribution is -2.33. The predicted molar refractivity (Wildman–Crippen MR) is 76.6 cm³/mol. The normalized spacial score (nSPS) is 11.8. The van der Waals surface area contributed by atoms with Gasteiger partial charge in [0, 0.05) is 0 Å². The van der Waals surface area contributed by atoms with Crippen LogP contribution in [0.4, 0.5) is 4.39 Å². The summed E-state index contributed by atoms with van der Waals surface area (Å²) in [5, 5.41) is 0. The smallest absolute Gasteiger partial charge is 0.322 e. The van der Waals surface area contributed by atoms with E-state index in [0.29, 0.717) is 17.9 Å². The minimum atomic E-state index is -0.682. The highest BCUT2D eigenvalue weighted by Gasteiger charge is 2.14.